The Kier molecular flexibility index (Phi) is 8.10. The van der Waals surface area contributed by atoms with Crippen molar-refractivity contribution in [3.8, 4) is 5.75 Å². The minimum absolute atomic E-state index is 0.0655. The highest BCUT2D eigenvalue weighted by molar-refractivity contribution is 6.01. The van der Waals surface area contributed by atoms with Crippen molar-refractivity contribution in [1.29, 1.82) is 0 Å². The maximum absolute atomic E-state index is 14.4. The number of ether oxygens (including phenoxy) is 2. The SMILES string of the molecule is [N-]=[N+]=Nc1ccccc1[C@H]1OC(c2ccc(OCCCO)cc2)=N[C@@]1(Cc1ccccc1)C(=O)N1CCCC1. The maximum atomic E-state index is 14.4. The van der Waals surface area contributed by atoms with Crippen molar-refractivity contribution in [2.75, 3.05) is 26.3 Å². The Hall–Kier alpha value is -4.33. The molecular weight excluding hydrogens is 494 g/mol. The molecule has 0 radical (unpaired) electrons. The van der Waals surface area contributed by atoms with E-state index in [0.717, 1.165) is 18.4 Å². The quantitative estimate of drug-likeness (QED) is 0.162. The Bertz CT molecular complexity index is 1370. The fourth-order valence-corrected chi connectivity index (χ4v) is 5.19. The topological polar surface area (TPSA) is 120 Å². The number of likely N-dealkylation sites (tertiary alicyclic amines) is 1. The molecule has 9 nitrogen and oxygen atoms in total. The van der Waals surface area contributed by atoms with Gasteiger partial charge < -0.3 is 19.5 Å². The summed E-state index contributed by atoms with van der Waals surface area (Å²) in [7, 11) is 0. The molecule has 3 aromatic carbocycles. The van der Waals surface area contributed by atoms with Crippen LogP contribution in [0.5, 0.6) is 5.75 Å². The van der Waals surface area contributed by atoms with E-state index in [2.05, 4.69) is 10.0 Å². The van der Waals surface area contributed by atoms with E-state index in [4.69, 9.17) is 19.6 Å². The molecule has 1 amide bonds. The lowest BCUT2D eigenvalue weighted by molar-refractivity contribution is -0.138. The Morgan fingerprint density at radius 2 is 1.79 bits per heavy atom. The summed E-state index contributed by atoms with van der Waals surface area (Å²) in [6, 6.07) is 24.3. The van der Waals surface area contributed by atoms with Gasteiger partial charge in [-0.05, 0) is 48.2 Å². The monoisotopic (exact) mass is 525 g/mol. The molecule has 200 valence electrons. The van der Waals surface area contributed by atoms with Crippen LogP contribution in [-0.4, -0.2) is 53.7 Å². The van der Waals surface area contributed by atoms with Crippen molar-refractivity contribution in [3.63, 3.8) is 0 Å². The molecule has 2 heterocycles. The summed E-state index contributed by atoms with van der Waals surface area (Å²) in [5, 5.41) is 12.9. The van der Waals surface area contributed by atoms with Crippen molar-refractivity contribution in [1.82, 2.24) is 4.90 Å². The number of rotatable bonds is 10. The Morgan fingerprint density at radius 3 is 2.51 bits per heavy atom. The van der Waals surface area contributed by atoms with Gasteiger partial charge in [0.2, 0.25) is 5.90 Å². The molecule has 5 rings (SSSR count). The number of amides is 1. The van der Waals surface area contributed by atoms with Crippen LogP contribution in [0.4, 0.5) is 5.69 Å². The highest BCUT2D eigenvalue weighted by atomic mass is 16.5. The smallest absolute Gasteiger partial charge is 0.255 e. The molecular formula is C30H31N5O4. The Morgan fingerprint density at radius 1 is 1.08 bits per heavy atom. The molecule has 0 spiro atoms. The second kappa shape index (κ2) is 12.0. The third kappa shape index (κ3) is 5.60. The van der Waals surface area contributed by atoms with Crippen LogP contribution in [0.25, 0.3) is 10.4 Å². The van der Waals surface area contributed by atoms with E-state index in [9.17, 15) is 10.3 Å². The van der Waals surface area contributed by atoms with Gasteiger partial charge in [-0.25, -0.2) is 4.99 Å². The second-order valence-electron chi connectivity index (χ2n) is 9.70. The highest BCUT2D eigenvalue weighted by Gasteiger charge is 2.55. The first-order chi connectivity index (χ1) is 19.1. The summed E-state index contributed by atoms with van der Waals surface area (Å²) in [5.41, 5.74) is 10.6. The minimum atomic E-state index is -1.29. The number of azide groups is 1. The largest absolute Gasteiger partial charge is 0.494 e. The summed E-state index contributed by atoms with van der Waals surface area (Å²) in [6.07, 6.45) is 1.96. The second-order valence-corrected chi connectivity index (χ2v) is 9.70. The fraction of sp³-hybridized carbons (Fsp3) is 0.333. The predicted molar refractivity (Wildman–Crippen MR) is 148 cm³/mol. The van der Waals surface area contributed by atoms with Crippen LogP contribution in [0.2, 0.25) is 0 Å². The van der Waals surface area contributed by atoms with E-state index < -0.39 is 11.6 Å². The van der Waals surface area contributed by atoms with Crippen molar-refractivity contribution >= 4 is 17.5 Å². The normalized spacial score (nSPS) is 20.2. The first kappa shape index (κ1) is 26.3. The molecule has 0 aliphatic carbocycles. The number of hydrogen-bond acceptors (Lipinski definition) is 6. The number of benzene rings is 3. The molecule has 39 heavy (non-hydrogen) atoms. The van der Waals surface area contributed by atoms with Crippen LogP contribution in [-0.2, 0) is 16.0 Å². The third-order valence-corrected chi connectivity index (χ3v) is 7.09. The third-order valence-electron chi connectivity index (χ3n) is 7.09. The van der Waals surface area contributed by atoms with Gasteiger partial charge in [0, 0.05) is 54.3 Å². The van der Waals surface area contributed by atoms with E-state index in [1.807, 2.05) is 71.6 Å². The molecule has 2 aliphatic rings. The number of aliphatic imine (C=N–C) groups is 1. The molecule has 0 unspecified atom stereocenters. The predicted octanol–water partition coefficient (Wildman–Crippen LogP) is 5.51. The number of aliphatic hydroxyl groups excluding tert-OH is 1. The lowest BCUT2D eigenvalue weighted by Gasteiger charge is -2.34. The van der Waals surface area contributed by atoms with Gasteiger partial charge in [-0.15, -0.1) is 0 Å². The van der Waals surface area contributed by atoms with Crippen molar-refractivity contribution in [2.45, 2.75) is 37.3 Å². The van der Waals surface area contributed by atoms with Gasteiger partial charge in [0.1, 0.15) is 5.75 Å². The van der Waals surface area contributed by atoms with Gasteiger partial charge in [0.15, 0.2) is 11.6 Å². The van der Waals surface area contributed by atoms with E-state index >= 15 is 0 Å². The lowest BCUT2D eigenvalue weighted by atomic mass is 9.81. The zero-order valence-electron chi connectivity index (χ0n) is 21.6. The van der Waals surface area contributed by atoms with Gasteiger partial charge in [-0.1, -0.05) is 59.7 Å². The van der Waals surface area contributed by atoms with E-state index in [1.165, 1.54) is 0 Å². The average molecular weight is 526 g/mol. The zero-order valence-corrected chi connectivity index (χ0v) is 21.6. The summed E-state index contributed by atoms with van der Waals surface area (Å²) < 4.78 is 12.2. The Balaban J connectivity index is 1.61. The molecule has 2 atom stereocenters. The van der Waals surface area contributed by atoms with Crippen LogP contribution in [0, 0.1) is 0 Å². The fourth-order valence-electron chi connectivity index (χ4n) is 5.19. The molecule has 1 N–H and O–H groups in total. The molecule has 2 aliphatic heterocycles. The van der Waals surface area contributed by atoms with Gasteiger partial charge >= 0.3 is 0 Å². The zero-order chi connectivity index (χ0) is 27.1. The van der Waals surface area contributed by atoms with E-state index in [1.54, 1.807) is 12.1 Å². The van der Waals surface area contributed by atoms with E-state index in [0.29, 0.717) is 61.0 Å². The van der Waals surface area contributed by atoms with Crippen molar-refractivity contribution in [2.24, 2.45) is 10.1 Å². The number of carbonyl (C=O) groups excluding carboxylic acids is 1. The minimum Gasteiger partial charge on any atom is -0.494 e. The van der Waals surface area contributed by atoms with Gasteiger partial charge in [0.05, 0.1) is 6.61 Å². The van der Waals surface area contributed by atoms with Gasteiger partial charge in [0.25, 0.3) is 5.91 Å². The van der Waals surface area contributed by atoms with Gasteiger partial charge in [-0.3, -0.25) is 4.79 Å². The van der Waals surface area contributed by atoms with Crippen LogP contribution in [0.1, 0.15) is 42.1 Å². The highest BCUT2D eigenvalue weighted by Crippen LogP contribution is 2.46. The summed E-state index contributed by atoms with van der Waals surface area (Å²) in [4.78, 5) is 24.4. The van der Waals surface area contributed by atoms with Crippen LogP contribution < -0.4 is 4.74 Å². The molecule has 1 fully saturated rings. The summed E-state index contributed by atoms with van der Waals surface area (Å²) >= 11 is 0. The van der Waals surface area contributed by atoms with Gasteiger partial charge in [-0.2, -0.15) is 0 Å². The van der Waals surface area contributed by atoms with Crippen molar-refractivity contribution < 1.29 is 19.4 Å². The number of nitrogens with zero attached hydrogens (tertiary/aromatic N) is 5. The van der Waals surface area contributed by atoms with E-state index in [-0.39, 0.29) is 12.5 Å². The average Bonchev–Trinajstić information content (AvgIpc) is 3.64. The molecule has 3 aromatic rings. The first-order valence-corrected chi connectivity index (χ1v) is 13.2. The number of carbonyl (C=O) groups is 1. The maximum Gasteiger partial charge on any atom is 0.255 e. The van der Waals surface area contributed by atoms with Crippen LogP contribution in [0.15, 0.2) is 89.0 Å². The van der Waals surface area contributed by atoms with Crippen LogP contribution in [0.3, 0.4) is 0 Å². The molecule has 0 aromatic heterocycles. The first-order valence-electron chi connectivity index (χ1n) is 13.2. The Labute approximate surface area is 227 Å². The standard InChI is InChI=1S/C30H31N5O4/c31-34-33-26-12-5-4-11-25(26)27-30(21-22-9-2-1-3-10-22,29(37)35-17-6-7-18-35)32-28(39-27)23-13-15-24(16-14-23)38-20-8-19-36/h1-5,9-16,27,36H,6-8,17-21H2/t27-,30-/m1/s1. The van der Waals surface area contributed by atoms with Crippen LogP contribution >= 0.6 is 0 Å². The lowest BCUT2D eigenvalue weighted by Crippen LogP contribution is -2.51. The molecule has 0 bridgehead atoms. The molecule has 9 heteroatoms. The molecule has 1 saturated heterocycles. The summed E-state index contributed by atoms with van der Waals surface area (Å²) in [6.45, 7) is 1.82. The number of aliphatic hydroxyl groups is 1. The number of hydrogen-bond donors (Lipinski definition) is 1. The molecule has 0 saturated carbocycles. The summed E-state index contributed by atoms with van der Waals surface area (Å²) in [5.74, 6) is 0.921. The van der Waals surface area contributed by atoms with Crippen molar-refractivity contribution in [3.05, 3.63) is 106 Å².